The molecule has 0 N–H and O–H groups in total. The van der Waals surface area contributed by atoms with Crippen LogP contribution in [0, 0.1) is 0 Å². The standard InChI is InChI=1S/C8H6N2O2S/c11-7-5-6-3-1-2-4-9(6)8(12)10(7)13/h1-5,13H. The zero-order chi connectivity index (χ0) is 9.42. The van der Waals surface area contributed by atoms with Gasteiger partial charge in [0.05, 0.1) is 5.52 Å². The summed E-state index contributed by atoms with van der Waals surface area (Å²) >= 11 is 3.76. The average molecular weight is 194 g/mol. The lowest BCUT2D eigenvalue weighted by molar-refractivity contribution is 0.932. The van der Waals surface area contributed by atoms with Crippen LogP contribution in [0.3, 0.4) is 0 Å². The average Bonchev–Trinajstić information content (AvgIpc) is 2.15. The largest absolute Gasteiger partial charge is 0.345 e. The SMILES string of the molecule is O=c1cc2ccccn2c(=O)n1S. The van der Waals surface area contributed by atoms with E-state index < -0.39 is 11.2 Å². The lowest BCUT2D eigenvalue weighted by Gasteiger charge is -2.00. The van der Waals surface area contributed by atoms with Crippen molar-refractivity contribution >= 4 is 18.3 Å². The fourth-order valence-electron chi connectivity index (χ4n) is 1.13. The Morgan fingerprint density at radius 3 is 2.77 bits per heavy atom. The van der Waals surface area contributed by atoms with Gasteiger partial charge in [0.15, 0.2) is 0 Å². The van der Waals surface area contributed by atoms with Crippen molar-refractivity contribution in [3.8, 4) is 0 Å². The molecule has 2 aromatic heterocycles. The first-order valence-corrected chi connectivity index (χ1v) is 4.03. The Hall–Kier alpha value is -1.49. The zero-order valence-electron chi connectivity index (χ0n) is 6.54. The van der Waals surface area contributed by atoms with Crippen molar-refractivity contribution in [3.05, 3.63) is 51.3 Å². The number of fused-ring (bicyclic) bond motifs is 1. The molecule has 0 radical (unpaired) electrons. The maximum absolute atomic E-state index is 11.4. The van der Waals surface area contributed by atoms with Crippen LogP contribution < -0.4 is 11.2 Å². The Bertz CT molecular complexity index is 570. The van der Waals surface area contributed by atoms with Crippen LogP contribution >= 0.6 is 12.8 Å². The van der Waals surface area contributed by atoms with E-state index in [1.165, 1.54) is 10.5 Å². The van der Waals surface area contributed by atoms with Gasteiger partial charge in [-0.2, -0.15) is 0 Å². The van der Waals surface area contributed by atoms with Crippen LogP contribution in [-0.2, 0) is 0 Å². The Kier molecular flexibility index (Phi) is 1.73. The minimum Gasteiger partial charge on any atom is -0.268 e. The molecule has 0 atom stereocenters. The van der Waals surface area contributed by atoms with Crippen molar-refractivity contribution in [1.29, 1.82) is 0 Å². The predicted molar refractivity (Wildman–Crippen MR) is 52.3 cm³/mol. The molecular formula is C8H6N2O2S. The molecule has 2 heterocycles. The third kappa shape index (κ3) is 1.17. The molecule has 13 heavy (non-hydrogen) atoms. The lowest BCUT2D eigenvalue weighted by Crippen LogP contribution is -2.31. The van der Waals surface area contributed by atoms with E-state index in [4.69, 9.17) is 0 Å². The van der Waals surface area contributed by atoms with E-state index in [0.29, 0.717) is 5.52 Å². The summed E-state index contributed by atoms with van der Waals surface area (Å²) in [5, 5.41) is 0. The van der Waals surface area contributed by atoms with Crippen molar-refractivity contribution in [2.24, 2.45) is 0 Å². The van der Waals surface area contributed by atoms with Gasteiger partial charge in [0.2, 0.25) is 0 Å². The third-order valence-corrected chi connectivity index (χ3v) is 2.13. The number of hydrogen-bond acceptors (Lipinski definition) is 3. The first kappa shape index (κ1) is 8.12. The Balaban J connectivity index is 3.12. The second-order valence-corrected chi connectivity index (χ2v) is 2.97. The van der Waals surface area contributed by atoms with Crippen LogP contribution in [0.2, 0.25) is 0 Å². The molecule has 0 fully saturated rings. The van der Waals surface area contributed by atoms with Gasteiger partial charge in [0, 0.05) is 12.3 Å². The molecule has 2 aromatic rings. The molecule has 66 valence electrons. The van der Waals surface area contributed by atoms with Crippen molar-refractivity contribution < 1.29 is 0 Å². The number of pyridine rings is 1. The first-order chi connectivity index (χ1) is 6.20. The monoisotopic (exact) mass is 194 g/mol. The molecule has 0 amide bonds. The van der Waals surface area contributed by atoms with Gasteiger partial charge in [-0.3, -0.25) is 9.20 Å². The highest BCUT2D eigenvalue weighted by molar-refractivity contribution is 7.78. The molecule has 0 spiro atoms. The summed E-state index contributed by atoms with van der Waals surface area (Å²) in [5.41, 5.74) is -0.297. The third-order valence-electron chi connectivity index (χ3n) is 1.76. The smallest absolute Gasteiger partial charge is 0.268 e. The van der Waals surface area contributed by atoms with Crippen molar-refractivity contribution in [1.82, 2.24) is 8.37 Å². The quantitative estimate of drug-likeness (QED) is 0.607. The minimum atomic E-state index is -0.452. The summed E-state index contributed by atoms with van der Waals surface area (Å²) in [6.07, 6.45) is 1.59. The first-order valence-electron chi connectivity index (χ1n) is 3.63. The molecule has 0 bridgehead atoms. The summed E-state index contributed by atoms with van der Waals surface area (Å²) in [4.78, 5) is 22.5. The summed E-state index contributed by atoms with van der Waals surface area (Å²) in [7, 11) is 0. The van der Waals surface area contributed by atoms with Crippen LogP contribution in [0.1, 0.15) is 0 Å². The van der Waals surface area contributed by atoms with Gasteiger partial charge in [-0.25, -0.2) is 8.77 Å². The number of rotatable bonds is 0. The molecule has 0 aromatic carbocycles. The second-order valence-electron chi connectivity index (χ2n) is 2.57. The molecule has 0 saturated heterocycles. The van der Waals surface area contributed by atoms with E-state index >= 15 is 0 Å². The van der Waals surface area contributed by atoms with E-state index in [2.05, 4.69) is 12.8 Å². The summed E-state index contributed by atoms with van der Waals surface area (Å²) in [5.74, 6) is 0. The molecule has 0 aliphatic rings. The zero-order valence-corrected chi connectivity index (χ0v) is 7.44. The number of hydrogen-bond donors (Lipinski definition) is 1. The number of aromatic nitrogens is 2. The molecule has 0 unspecified atom stereocenters. The van der Waals surface area contributed by atoms with Crippen LogP contribution in [0.25, 0.3) is 5.52 Å². The van der Waals surface area contributed by atoms with E-state index in [-0.39, 0.29) is 0 Å². The molecular weight excluding hydrogens is 188 g/mol. The number of nitrogens with zero attached hydrogens (tertiary/aromatic N) is 2. The van der Waals surface area contributed by atoms with Crippen LogP contribution in [0.15, 0.2) is 40.1 Å². The van der Waals surface area contributed by atoms with Gasteiger partial charge in [0.1, 0.15) is 0 Å². The molecule has 0 aliphatic heterocycles. The topological polar surface area (TPSA) is 43.5 Å². The predicted octanol–water partition coefficient (Wildman–Crippen LogP) is 0.154. The molecule has 0 aliphatic carbocycles. The summed E-state index contributed by atoms with van der Waals surface area (Å²) in [6.45, 7) is 0. The Labute approximate surface area is 78.6 Å². The van der Waals surface area contributed by atoms with E-state index in [9.17, 15) is 9.59 Å². The Morgan fingerprint density at radius 1 is 1.23 bits per heavy atom. The molecule has 0 saturated carbocycles. The van der Waals surface area contributed by atoms with E-state index in [1.54, 1.807) is 24.4 Å². The van der Waals surface area contributed by atoms with Crippen LogP contribution in [0.4, 0.5) is 0 Å². The van der Waals surface area contributed by atoms with Crippen LogP contribution in [-0.4, -0.2) is 8.37 Å². The normalized spacial score (nSPS) is 10.5. The molecule has 2 rings (SSSR count). The minimum absolute atomic E-state index is 0.417. The van der Waals surface area contributed by atoms with Gasteiger partial charge in [-0.15, -0.1) is 0 Å². The Morgan fingerprint density at radius 2 is 2.00 bits per heavy atom. The maximum Gasteiger partial charge on any atom is 0.345 e. The van der Waals surface area contributed by atoms with Crippen molar-refractivity contribution in [3.63, 3.8) is 0 Å². The fourth-order valence-corrected chi connectivity index (χ4v) is 1.29. The highest BCUT2D eigenvalue weighted by atomic mass is 32.1. The van der Waals surface area contributed by atoms with Gasteiger partial charge >= 0.3 is 5.69 Å². The highest BCUT2D eigenvalue weighted by Crippen LogP contribution is 1.94. The van der Waals surface area contributed by atoms with Gasteiger partial charge in [-0.1, -0.05) is 18.9 Å². The summed E-state index contributed by atoms with van der Waals surface area (Å²) < 4.78 is 2.13. The van der Waals surface area contributed by atoms with Gasteiger partial charge in [0.25, 0.3) is 5.56 Å². The van der Waals surface area contributed by atoms with Crippen LogP contribution in [0.5, 0.6) is 0 Å². The van der Waals surface area contributed by atoms with Gasteiger partial charge in [-0.05, 0) is 12.1 Å². The second kappa shape index (κ2) is 2.77. The van der Waals surface area contributed by atoms with Crippen molar-refractivity contribution in [2.45, 2.75) is 0 Å². The summed E-state index contributed by atoms with van der Waals surface area (Å²) in [6, 6.07) is 6.52. The molecule has 4 nitrogen and oxygen atoms in total. The fraction of sp³-hybridized carbons (Fsp3) is 0. The van der Waals surface area contributed by atoms with Crippen molar-refractivity contribution in [2.75, 3.05) is 0 Å². The van der Waals surface area contributed by atoms with Gasteiger partial charge < -0.3 is 0 Å². The maximum atomic E-state index is 11.4. The number of thiol groups is 1. The highest BCUT2D eigenvalue weighted by Gasteiger charge is 2.00. The van der Waals surface area contributed by atoms with E-state index in [1.807, 2.05) is 0 Å². The van der Waals surface area contributed by atoms with E-state index in [0.717, 1.165) is 3.97 Å². The lowest BCUT2D eigenvalue weighted by atomic mass is 10.4. The molecule has 5 heteroatoms.